The maximum atomic E-state index is 9.56. The molecule has 2 aliphatic carbocycles. The summed E-state index contributed by atoms with van der Waals surface area (Å²) in [6.07, 6.45) is 10.8. The molecule has 2 fully saturated rings. The third kappa shape index (κ3) is 5.41. The fraction of sp³-hybridized carbons (Fsp3) is 1.00. The third-order valence-electron chi connectivity index (χ3n) is 4.69. The molecule has 0 heterocycles. The van der Waals surface area contributed by atoms with Gasteiger partial charge >= 0.3 is 0 Å². The minimum Gasteiger partial charge on any atom is -0.392 e. The summed E-state index contributed by atoms with van der Waals surface area (Å²) < 4.78 is 0. The van der Waals surface area contributed by atoms with E-state index in [1.54, 1.807) is 0 Å². The lowest BCUT2D eigenvalue weighted by atomic mass is 9.79. The molecule has 0 saturated heterocycles. The van der Waals surface area contributed by atoms with E-state index in [-0.39, 0.29) is 6.10 Å². The normalized spacial score (nSPS) is 25.3. The van der Waals surface area contributed by atoms with Crippen molar-refractivity contribution in [2.24, 2.45) is 5.41 Å². The van der Waals surface area contributed by atoms with Crippen LogP contribution in [0.1, 0.15) is 58.3 Å². The fourth-order valence-electron chi connectivity index (χ4n) is 3.61. The van der Waals surface area contributed by atoms with Crippen molar-refractivity contribution in [3.05, 3.63) is 0 Å². The number of nitrogens with one attached hydrogen (secondary N) is 1. The molecule has 112 valence electrons. The molecule has 2 saturated carbocycles. The van der Waals surface area contributed by atoms with Gasteiger partial charge in [0.2, 0.25) is 0 Å². The van der Waals surface area contributed by atoms with E-state index < -0.39 is 0 Å². The molecule has 0 aromatic heterocycles. The second kappa shape index (κ2) is 7.05. The van der Waals surface area contributed by atoms with Gasteiger partial charge in [-0.2, -0.15) is 0 Å². The lowest BCUT2D eigenvalue weighted by Crippen LogP contribution is -2.45. The van der Waals surface area contributed by atoms with Crippen LogP contribution in [0.2, 0.25) is 0 Å². The van der Waals surface area contributed by atoms with E-state index in [0.29, 0.717) is 5.41 Å². The summed E-state index contributed by atoms with van der Waals surface area (Å²) in [5.41, 5.74) is 0.447. The fourth-order valence-corrected chi connectivity index (χ4v) is 3.61. The zero-order valence-corrected chi connectivity index (χ0v) is 12.8. The first kappa shape index (κ1) is 15.3. The van der Waals surface area contributed by atoms with E-state index >= 15 is 0 Å². The van der Waals surface area contributed by atoms with Crippen molar-refractivity contribution in [3.8, 4) is 0 Å². The molecule has 0 aliphatic heterocycles. The molecular weight excluding hydrogens is 236 g/mol. The molecule has 1 unspecified atom stereocenters. The number of likely N-dealkylation sites (N-methyl/N-ethyl adjacent to an activating group) is 1. The maximum Gasteiger partial charge on any atom is 0.0638 e. The molecule has 0 aromatic rings. The summed E-state index contributed by atoms with van der Waals surface area (Å²) in [6, 6.07) is 0.808. The summed E-state index contributed by atoms with van der Waals surface area (Å²) in [5, 5.41) is 13.3. The van der Waals surface area contributed by atoms with Gasteiger partial charge in [0, 0.05) is 25.7 Å². The van der Waals surface area contributed by atoms with Gasteiger partial charge in [0.15, 0.2) is 0 Å². The summed E-state index contributed by atoms with van der Waals surface area (Å²) in [5.74, 6) is 0. The quantitative estimate of drug-likeness (QED) is 0.696. The minimum atomic E-state index is -0.218. The van der Waals surface area contributed by atoms with Gasteiger partial charge in [-0.1, -0.05) is 25.7 Å². The van der Waals surface area contributed by atoms with E-state index in [2.05, 4.69) is 17.3 Å². The Bertz CT molecular complexity index is 255. The Morgan fingerprint density at radius 1 is 1.21 bits per heavy atom. The number of nitrogens with zero attached hydrogens (tertiary/aromatic N) is 1. The summed E-state index contributed by atoms with van der Waals surface area (Å²) in [6.45, 7) is 5.00. The van der Waals surface area contributed by atoms with Gasteiger partial charge in [-0.05, 0) is 45.1 Å². The van der Waals surface area contributed by atoms with Crippen molar-refractivity contribution in [2.45, 2.75) is 70.4 Å². The molecule has 3 nitrogen and oxygen atoms in total. The molecule has 2 rings (SSSR count). The lowest BCUT2D eigenvalue weighted by Gasteiger charge is -2.37. The van der Waals surface area contributed by atoms with Gasteiger partial charge < -0.3 is 15.3 Å². The van der Waals surface area contributed by atoms with Crippen molar-refractivity contribution >= 4 is 0 Å². The van der Waals surface area contributed by atoms with Gasteiger partial charge in [0.25, 0.3) is 0 Å². The second-order valence-electron chi connectivity index (χ2n) is 7.12. The number of aliphatic hydroxyl groups is 1. The predicted molar refractivity (Wildman–Crippen MR) is 80.3 cm³/mol. The van der Waals surface area contributed by atoms with Crippen LogP contribution in [0.4, 0.5) is 0 Å². The number of hydrogen-bond donors (Lipinski definition) is 2. The van der Waals surface area contributed by atoms with Gasteiger partial charge in [-0.3, -0.25) is 0 Å². The smallest absolute Gasteiger partial charge is 0.0638 e. The number of aliphatic hydroxyl groups excluding tert-OH is 1. The zero-order valence-electron chi connectivity index (χ0n) is 12.8. The Labute approximate surface area is 118 Å². The first-order chi connectivity index (χ1) is 9.10. The van der Waals surface area contributed by atoms with Crippen molar-refractivity contribution in [3.63, 3.8) is 0 Å². The van der Waals surface area contributed by atoms with E-state index in [1.165, 1.54) is 57.9 Å². The molecular formula is C16H32N2O. The SMILES string of the molecule is CC(O)CN(C)CC1(CNC2CC2)CCCCCC1. The summed E-state index contributed by atoms with van der Waals surface area (Å²) >= 11 is 0. The van der Waals surface area contributed by atoms with Crippen LogP contribution < -0.4 is 5.32 Å². The monoisotopic (exact) mass is 268 g/mol. The van der Waals surface area contributed by atoms with Crippen LogP contribution in [0.15, 0.2) is 0 Å². The average molecular weight is 268 g/mol. The van der Waals surface area contributed by atoms with Crippen LogP contribution in [0, 0.1) is 5.41 Å². The average Bonchev–Trinajstić information content (AvgIpc) is 3.13. The van der Waals surface area contributed by atoms with Crippen molar-refractivity contribution in [2.75, 3.05) is 26.7 Å². The van der Waals surface area contributed by atoms with Crippen LogP contribution in [0.5, 0.6) is 0 Å². The highest BCUT2D eigenvalue weighted by Crippen LogP contribution is 2.36. The Balaban J connectivity index is 1.90. The molecule has 2 N–H and O–H groups in total. The molecule has 3 heteroatoms. The molecule has 0 bridgehead atoms. The van der Waals surface area contributed by atoms with Crippen molar-refractivity contribution in [1.82, 2.24) is 10.2 Å². The summed E-state index contributed by atoms with van der Waals surface area (Å²) in [4.78, 5) is 2.34. The third-order valence-corrected chi connectivity index (χ3v) is 4.69. The Morgan fingerprint density at radius 3 is 2.37 bits per heavy atom. The molecule has 1 atom stereocenters. The van der Waals surface area contributed by atoms with Gasteiger partial charge in [0.05, 0.1) is 6.10 Å². The van der Waals surface area contributed by atoms with E-state index in [1.807, 2.05) is 6.92 Å². The number of hydrogen-bond acceptors (Lipinski definition) is 3. The van der Waals surface area contributed by atoms with E-state index in [4.69, 9.17) is 0 Å². The Hall–Kier alpha value is -0.120. The van der Waals surface area contributed by atoms with Gasteiger partial charge in [-0.15, -0.1) is 0 Å². The largest absolute Gasteiger partial charge is 0.392 e. The Morgan fingerprint density at radius 2 is 1.84 bits per heavy atom. The minimum absolute atomic E-state index is 0.218. The molecule has 2 aliphatic rings. The van der Waals surface area contributed by atoms with E-state index in [0.717, 1.165) is 19.1 Å². The Kier molecular flexibility index (Phi) is 5.67. The molecule has 0 amide bonds. The number of rotatable bonds is 7. The highest BCUT2D eigenvalue weighted by atomic mass is 16.3. The first-order valence-electron chi connectivity index (χ1n) is 8.20. The molecule has 0 radical (unpaired) electrons. The molecule has 19 heavy (non-hydrogen) atoms. The zero-order chi connectivity index (χ0) is 13.7. The predicted octanol–water partition coefficient (Wildman–Crippen LogP) is 2.39. The van der Waals surface area contributed by atoms with Crippen LogP contribution in [0.3, 0.4) is 0 Å². The maximum absolute atomic E-state index is 9.56. The molecule has 0 spiro atoms. The van der Waals surface area contributed by atoms with Crippen LogP contribution in [0.25, 0.3) is 0 Å². The standard InChI is InChI=1S/C16H32N2O/c1-14(19)11-18(2)13-16(12-17-15-7-8-15)9-5-3-4-6-10-16/h14-15,17,19H,3-13H2,1-2H3. The van der Waals surface area contributed by atoms with Gasteiger partial charge in [-0.25, -0.2) is 0 Å². The second-order valence-corrected chi connectivity index (χ2v) is 7.12. The van der Waals surface area contributed by atoms with Crippen LogP contribution in [-0.2, 0) is 0 Å². The summed E-state index contributed by atoms with van der Waals surface area (Å²) in [7, 11) is 2.16. The van der Waals surface area contributed by atoms with Crippen molar-refractivity contribution in [1.29, 1.82) is 0 Å². The first-order valence-corrected chi connectivity index (χ1v) is 8.20. The molecule has 0 aromatic carbocycles. The lowest BCUT2D eigenvalue weighted by molar-refractivity contribution is 0.0946. The van der Waals surface area contributed by atoms with Crippen LogP contribution in [-0.4, -0.2) is 48.8 Å². The van der Waals surface area contributed by atoms with Gasteiger partial charge in [0.1, 0.15) is 0 Å². The van der Waals surface area contributed by atoms with Crippen molar-refractivity contribution < 1.29 is 5.11 Å². The highest BCUT2D eigenvalue weighted by molar-refractivity contribution is 4.90. The van der Waals surface area contributed by atoms with Crippen LogP contribution >= 0.6 is 0 Å². The topological polar surface area (TPSA) is 35.5 Å². The highest BCUT2D eigenvalue weighted by Gasteiger charge is 2.34. The van der Waals surface area contributed by atoms with E-state index in [9.17, 15) is 5.11 Å².